The van der Waals surface area contributed by atoms with Crippen LogP contribution in [0.25, 0.3) is 0 Å². The molecule has 0 aliphatic carbocycles. The predicted molar refractivity (Wildman–Crippen MR) is 82.5 cm³/mol. The largest absolute Gasteiger partial charge is 0.396 e. The Morgan fingerprint density at radius 3 is 2.10 bits per heavy atom. The van der Waals surface area contributed by atoms with Crippen molar-refractivity contribution in [2.24, 2.45) is 0 Å². The summed E-state index contributed by atoms with van der Waals surface area (Å²) in [5.74, 6) is -0.0466. The number of hydrogen-bond donors (Lipinski definition) is 2. The Morgan fingerprint density at radius 1 is 0.952 bits per heavy atom. The van der Waals surface area contributed by atoms with Gasteiger partial charge < -0.3 is 5.11 Å². The first-order valence-corrected chi connectivity index (χ1v) is 8.32. The molecule has 0 radical (unpaired) electrons. The maximum absolute atomic E-state index is 12.2. The normalized spacial score (nSPS) is 13.0. The summed E-state index contributed by atoms with van der Waals surface area (Å²) in [4.78, 5) is 0.251. The second-order valence-electron chi connectivity index (χ2n) is 4.78. The van der Waals surface area contributed by atoms with Crippen LogP contribution in [0.4, 0.5) is 0 Å². The molecule has 4 nitrogen and oxygen atoms in total. The zero-order valence-corrected chi connectivity index (χ0v) is 12.5. The number of aliphatic hydroxyl groups is 1. The van der Waals surface area contributed by atoms with Gasteiger partial charge in [0.15, 0.2) is 0 Å². The molecule has 0 aliphatic heterocycles. The first-order valence-electron chi connectivity index (χ1n) is 6.84. The maximum Gasteiger partial charge on any atom is 0.240 e. The fourth-order valence-corrected chi connectivity index (χ4v) is 3.26. The van der Waals surface area contributed by atoms with Crippen molar-refractivity contribution >= 4 is 10.0 Å². The van der Waals surface area contributed by atoms with Gasteiger partial charge in [-0.1, -0.05) is 48.5 Å². The molecule has 0 fully saturated rings. The predicted octanol–water partition coefficient (Wildman–Crippen LogP) is 2.13. The van der Waals surface area contributed by atoms with Crippen LogP contribution in [-0.2, 0) is 10.0 Å². The lowest BCUT2D eigenvalue weighted by atomic mass is 9.96. The SMILES string of the molecule is O=S(=O)(NCC(CCO)c1ccccc1)c1ccccc1. The van der Waals surface area contributed by atoms with Crippen LogP contribution in [0.1, 0.15) is 17.9 Å². The second kappa shape index (κ2) is 7.36. The highest BCUT2D eigenvalue weighted by molar-refractivity contribution is 7.89. The van der Waals surface area contributed by atoms with Crippen molar-refractivity contribution in [1.29, 1.82) is 0 Å². The van der Waals surface area contributed by atoms with E-state index in [2.05, 4.69) is 4.72 Å². The summed E-state index contributed by atoms with van der Waals surface area (Å²) in [6.07, 6.45) is 0.515. The molecular weight excluding hydrogens is 286 g/mol. The van der Waals surface area contributed by atoms with Gasteiger partial charge in [-0.25, -0.2) is 13.1 Å². The van der Waals surface area contributed by atoms with Crippen LogP contribution in [0, 0.1) is 0 Å². The molecule has 112 valence electrons. The van der Waals surface area contributed by atoms with Gasteiger partial charge in [0, 0.05) is 13.2 Å². The van der Waals surface area contributed by atoms with Gasteiger partial charge in [0.1, 0.15) is 0 Å². The molecule has 2 N–H and O–H groups in total. The van der Waals surface area contributed by atoms with E-state index in [0.717, 1.165) is 5.56 Å². The summed E-state index contributed by atoms with van der Waals surface area (Å²) in [5, 5.41) is 9.17. The van der Waals surface area contributed by atoms with E-state index in [-0.39, 0.29) is 24.0 Å². The first-order chi connectivity index (χ1) is 10.1. The minimum absolute atomic E-state index is 0.0205. The fraction of sp³-hybridized carbons (Fsp3) is 0.250. The Labute approximate surface area is 125 Å². The van der Waals surface area contributed by atoms with E-state index in [1.165, 1.54) is 0 Å². The number of nitrogens with one attached hydrogen (secondary N) is 1. The van der Waals surface area contributed by atoms with Crippen LogP contribution in [0.3, 0.4) is 0 Å². The van der Waals surface area contributed by atoms with Crippen molar-refractivity contribution in [3.63, 3.8) is 0 Å². The van der Waals surface area contributed by atoms with E-state index in [1.54, 1.807) is 30.3 Å². The molecule has 0 spiro atoms. The zero-order valence-electron chi connectivity index (χ0n) is 11.6. The van der Waals surface area contributed by atoms with Crippen LogP contribution >= 0.6 is 0 Å². The molecule has 2 aromatic rings. The third kappa shape index (κ3) is 4.39. The number of sulfonamides is 1. The summed E-state index contributed by atoms with van der Waals surface area (Å²) in [7, 11) is -3.51. The topological polar surface area (TPSA) is 66.4 Å². The van der Waals surface area contributed by atoms with E-state index in [0.29, 0.717) is 6.42 Å². The Balaban J connectivity index is 2.09. The molecule has 1 atom stereocenters. The third-order valence-corrected chi connectivity index (χ3v) is 4.76. The molecule has 2 rings (SSSR count). The number of benzene rings is 2. The van der Waals surface area contributed by atoms with Crippen LogP contribution in [0.15, 0.2) is 65.6 Å². The fourth-order valence-electron chi connectivity index (χ4n) is 2.16. The maximum atomic E-state index is 12.2. The van der Waals surface area contributed by atoms with E-state index >= 15 is 0 Å². The Kier molecular flexibility index (Phi) is 5.50. The molecule has 0 bridgehead atoms. The summed E-state index contributed by atoms with van der Waals surface area (Å²) >= 11 is 0. The van der Waals surface area contributed by atoms with Crippen molar-refractivity contribution in [2.75, 3.05) is 13.2 Å². The number of rotatable bonds is 7. The summed E-state index contributed by atoms with van der Waals surface area (Å²) in [6.45, 7) is 0.286. The van der Waals surface area contributed by atoms with Crippen LogP contribution in [-0.4, -0.2) is 26.7 Å². The van der Waals surface area contributed by atoms with Crippen LogP contribution < -0.4 is 4.72 Å². The monoisotopic (exact) mass is 305 g/mol. The zero-order chi connectivity index (χ0) is 15.1. The van der Waals surface area contributed by atoms with Gasteiger partial charge in [0.05, 0.1) is 4.90 Å². The van der Waals surface area contributed by atoms with Crippen molar-refractivity contribution in [1.82, 2.24) is 4.72 Å². The van der Waals surface area contributed by atoms with Crippen molar-refractivity contribution < 1.29 is 13.5 Å². The summed E-state index contributed by atoms with van der Waals surface area (Å²) < 4.78 is 27.0. The summed E-state index contributed by atoms with van der Waals surface area (Å²) in [5.41, 5.74) is 1.02. The van der Waals surface area contributed by atoms with Gasteiger partial charge in [-0.05, 0) is 30.0 Å². The highest BCUT2D eigenvalue weighted by Crippen LogP contribution is 2.19. The lowest BCUT2D eigenvalue weighted by Gasteiger charge is -2.17. The van der Waals surface area contributed by atoms with Crippen LogP contribution in [0.2, 0.25) is 0 Å². The quantitative estimate of drug-likeness (QED) is 0.823. The Morgan fingerprint density at radius 2 is 1.52 bits per heavy atom. The standard InChI is InChI=1S/C16H19NO3S/c18-12-11-15(14-7-3-1-4-8-14)13-17-21(19,20)16-9-5-2-6-10-16/h1-10,15,17-18H,11-13H2. The molecule has 0 amide bonds. The highest BCUT2D eigenvalue weighted by atomic mass is 32.2. The molecule has 0 aromatic heterocycles. The molecule has 0 heterocycles. The van der Waals surface area contributed by atoms with Gasteiger partial charge in [-0.2, -0.15) is 0 Å². The number of hydrogen-bond acceptors (Lipinski definition) is 3. The molecule has 0 aliphatic rings. The van der Waals surface area contributed by atoms with E-state index in [1.807, 2.05) is 30.3 Å². The summed E-state index contributed by atoms with van der Waals surface area (Å²) in [6, 6.07) is 17.9. The molecule has 21 heavy (non-hydrogen) atoms. The lowest BCUT2D eigenvalue weighted by molar-refractivity contribution is 0.275. The van der Waals surface area contributed by atoms with Gasteiger partial charge in [0.25, 0.3) is 0 Å². The minimum Gasteiger partial charge on any atom is -0.396 e. The minimum atomic E-state index is -3.51. The highest BCUT2D eigenvalue weighted by Gasteiger charge is 2.17. The van der Waals surface area contributed by atoms with Crippen LogP contribution in [0.5, 0.6) is 0 Å². The van der Waals surface area contributed by atoms with E-state index in [4.69, 9.17) is 5.11 Å². The molecular formula is C16H19NO3S. The molecule has 2 aromatic carbocycles. The molecule has 5 heteroatoms. The average molecular weight is 305 g/mol. The van der Waals surface area contributed by atoms with Gasteiger partial charge in [-0.3, -0.25) is 0 Å². The smallest absolute Gasteiger partial charge is 0.240 e. The number of aliphatic hydroxyl groups excluding tert-OH is 1. The Bertz CT molecular complexity index is 642. The first kappa shape index (κ1) is 15.7. The molecule has 1 unspecified atom stereocenters. The Hall–Kier alpha value is -1.69. The van der Waals surface area contributed by atoms with E-state index < -0.39 is 10.0 Å². The lowest BCUT2D eigenvalue weighted by Crippen LogP contribution is -2.29. The van der Waals surface area contributed by atoms with Gasteiger partial charge >= 0.3 is 0 Å². The molecule has 0 saturated heterocycles. The average Bonchev–Trinajstić information content (AvgIpc) is 2.53. The van der Waals surface area contributed by atoms with Crippen molar-refractivity contribution in [2.45, 2.75) is 17.2 Å². The van der Waals surface area contributed by atoms with Gasteiger partial charge in [-0.15, -0.1) is 0 Å². The van der Waals surface area contributed by atoms with E-state index in [9.17, 15) is 8.42 Å². The van der Waals surface area contributed by atoms with Crippen molar-refractivity contribution in [3.05, 3.63) is 66.2 Å². The van der Waals surface area contributed by atoms with Crippen molar-refractivity contribution in [3.8, 4) is 0 Å². The molecule has 0 saturated carbocycles. The second-order valence-corrected chi connectivity index (χ2v) is 6.55. The third-order valence-electron chi connectivity index (χ3n) is 3.32. The van der Waals surface area contributed by atoms with Gasteiger partial charge in [0.2, 0.25) is 10.0 Å².